The first-order valence-corrected chi connectivity index (χ1v) is 9.13. The highest BCUT2D eigenvalue weighted by atomic mass is 16.5. The fourth-order valence-electron chi connectivity index (χ4n) is 2.78. The SMILES string of the molecule is CCOc1ccccc1OCC(=O)NNC(=O)c1cc2ccccc2cc1OC. The highest BCUT2D eigenvalue weighted by molar-refractivity contribution is 6.02. The Kier molecular flexibility index (Phi) is 6.52. The zero-order valence-electron chi connectivity index (χ0n) is 16.2. The molecule has 0 bridgehead atoms. The first kappa shape index (κ1) is 20.0. The fraction of sp³-hybridized carbons (Fsp3) is 0.182. The maximum absolute atomic E-state index is 12.5. The number of ether oxygens (including phenoxy) is 3. The van der Waals surface area contributed by atoms with Crippen molar-refractivity contribution in [2.75, 3.05) is 20.3 Å². The van der Waals surface area contributed by atoms with Crippen molar-refractivity contribution in [1.82, 2.24) is 10.9 Å². The third kappa shape index (κ3) is 4.95. The molecule has 0 saturated carbocycles. The van der Waals surface area contributed by atoms with E-state index in [1.165, 1.54) is 7.11 Å². The Hall–Kier alpha value is -3.74. The van der Waals surface area contributed by atoms with Crippen LogP contribution in [0.4, 0.5) is 0 Å². The second kappa shape index (κ2) is 9.45. The molecule has 0 heterocycles. The number of amides is 2. The number of carbonyl (C=O) groups is 2. The Balaban J connectivity index is 1.61. The molecule has 0 spiro atoms. The second-order valence-corrected chi connectivity index (χ2v) is 6.07. The van der Waals surface area contributed by atoms with E-state index in [2.05, 4.69) is 10.9 Å². The van der Waals surface area contributed by atoms with Gasteiger partial charge >= 0.3 is 0 Å². The Labute approximate surface area is 168 Å². The molecule has 0 fully saturated rings. The minimum atomic E-state index is -0.510. The fourth-order valence-corrected chi connectivity index (χ4v) is 2.78. The summed E-state index contributed by atoms with van der Waals surface area (Å²) in [6.45, 7) is 2.07. The maximum Gasteiger partial charge on any atom is 0.276 e. The van der Waals surface area contributed by atoms with Crippen molar-refractivity contribution in [1.29, 1.82) is 0 Å². The van der Waals surface area contributed by atoms with Crippen LogP contribution in [-0.2, 0) is 4.79 Å². The molecular weight excluding hydrogens is 372 g/mol. The molecule has 2 amide bonds. The number of benzene rings is 3. The maximum atomic E-state index is 12.5. The molecule has 0 saturated heterocycles. The Bertz CT molecular complexity index is 1020. The van der Waals surface area contributed by atoms with E-state index in [4.69, 9.17) is 14.2 Å². The summed E-state index contributed by atoms with van der Waals surface area (Å²) in [6.07, 6.45) is 0. The predicted molar refractivity (Wildman–Crippen MR) is 109 cm³/mol. The van der Waals surface area contributed by atoms with Crippen molar-refractivity contribution >= 4 is 22.6 Å². The number of rotatable bonds is 7. The van der Waals surface area contributed by atoms with Crippen LogP contribution in [0.25, 0.3) is 10.8 Å². The number of nitrogens with one attached hydrogen (secondary N) is 2. The molecule has 0 aromatic heterocycles. The summed E-state index contributed by atoms with van der Waals surface area (Å²) in [4.78, 5) is 24.6. The summed E-state index contributed by atoms with van der Waals surface area (Å²) in [6, 6.07) is 18.2. The van der Waals surface area contributed by atoms with Crippen LogP contribution in [0.15, 0.2) is 60.7 Å². The highest BCUT2D eigenvalue weighted by Gasteiger charge is 2.15. The number of hydrogen-bond acceptors (Lipinski definition) is 5. The van der Waals surface area contributed by atoms with Crippen LogP contribution in [0.1, 0.15) is 17.3 Å². The van der Waals surface area contributed by atoms with E-state index >= 15 is 0 Å². The summed E-state index contributed by atoms with van der Waals surface area (Å²) in [7, 11) is 1.49. The van der Waals surface area contributed by atoms with Gasteiger partial charge in [0.25, 0.3) is 11.8 Å². The molecule has 7 heteroatoms. The lowest BCUT2D eigenvalue weighted by molar-refractivity contribution is -0.123. The standard InChI is InChI=1S/C22H22N2O5/c1-3-28-18-10-6-7-11-19(18)29-14-21(25)23-24-22(26)17-12-15-8-4-5-9-16(15)13-20(17)27-2/h4-13H,3,14H2,1-2H3,(H,23,25)(H,24,26). The van der Waals surface area contributed by atoms with Gasteiger partial charge in [-0.1, -0.05) is 36.4 Å². The third-order valence-electron chi connectivity index (χ3n) is 4.14. The molecule has 0 aliphatic carbocycles. The van der Waals surface area contributed by atoms with Crippen molar-refractivity contribution in [2.24, 2.45) is 0 Å². The average molecular weight is 394 g/mol. The van der Waals surface area contributed by atoms with Crippen LogP contribution in [-0.4, -0.2) is 32.1 Å². The van der Waals surface area contributed by atoms with Gasteiger partial charge in [-0.15, -0.1) is 0 Å². The lowest BCUT2D eigenvalue weighted by Crippen LogP contribution is -2.43. The third-order valence-corrected chi connectivity index (χ3v) is 4.14. The van der Waals surface area contributed by atoms with Gasteiger partial charge in [0.05, 0.1) is 19.3 Å². The molecule has 3 rings (SSSR count). The smallest absolute Gasteiger partial charge is 0.276 e. The molecule has 29 heavy (non-hydrogen) atoms. The van der Waals surface area contributed by atoms with Crippen molar-refractivity contribution in [2.45, 2.75) is 6.92 Å². The summed E-state index contributed by atoms with van der Waals surface area (Å²) in [5, 5.41) is 1.84. The number of fused-ring (bicyclic) bond motifs is 1. The molecule has 7 nitrogen and oxygen atoms in total. The molecule has 0 radical (unpaired) electrons. The van der Waals surface area contributed by atoms with E-state index in [9.17, 15) is 9.59 Å². The van der Waals surface area contributed by atoms with Crippen LogP contribution < -0.4 is 25.1 Å². The number of para-hydroxylation sites is 2. The van der Waals surface area contributed by atoms with E-state index in [1.807, 2.05) is 37.3 Å². The lowest BCUT2D eigenvalue weighted by Gasteiger charge is -2.13. The van der Waals surface area contributed by atoms with Crippen LogP contribution in [0.2, 0.25) is 0 Å². The van der Waals surface area contributed by atoms with E-state index in [0.717, 1.165) is 10.8 Å². The van der Waals surface area contributed by atoms with Crippen LogP contribution in [0.5, 0.6) is 17.2 Å². The molecule has 150 valence electrons. The minimum Gasteiger partial charge on any atom is -0.496 e. The zero-order chi connectivity index (χ0) is 20.6. The van der Waals surface area contributed by atoms with E-state index in [0.29, 0.717) is 29.4 Å². The summed E-state index contributed by atoms with van der Waals surface area (Å²) in [5.74, 6) is 0.414. The Morgan fingerprint density at radius 1 is 0.828 bits per heavy atom. The van der Waals surface area contributed by atoms with Crippen molar-refractivity contribution in [3.05, 3.63) is 66.2 Å². The van der Waals surface area contributed by atoms with Crippen molar-refractivity contribution in [3.8, 4) is 17.2 Å². The number of carbonyl (C=O) groups excluding carboxylic acids is 2. The van der Waals surface area contributed by atoms with Gasteiger partial charge in [0.2, 0.25) is 0 Å². The normalized spacial score (nSPS) is 10.3. The Morgan fingerprint density at radius 3 is 2.10 bits per heavy atom. The minimum absolute atomic E-state index is 0.279. The van der Waals surface area contributed by atoms with Crippen LogP contribution in [0.3, 0.4) is 0 Å². The topological polar surface area (TPSA) is 85.9 Å². The van der Waals surface area contributed by atoms with Gasteiger partial charge in [-0.25, -0.2) is 0 Å². The van der Waals surface area contributed by atoms with Gasteiger partial charge in [0.1, 0.15) is 5.75 Å². The quantitative estimate of drug-likeness (QED) is 0.602. The lowest BCUT2D eigenvalue weighted by atomic mass is 10.1. The van der Waals surface area contributed by atoms with Gasteiger partial charge in [-0.3, -0.25) is 20.4 Å². The number of methoxy groups -OCH3 is 1. The van der Waals surface area contributed by atoms with Gasteiger partial charge in [0.15, 0.2) is 18.1 Å². The number of hydrogen-bond donors (Lipinski definition) is 2. The predicted octanol–water partition coefficient (Wildman–Crippen LogP) is 3.09. The molecule has 0 atom stereocenters. The van der Waals surface area contributed by atoms with E-state index in [1.54, 1.807) is 30.3 Å². The van der Waals surface area contributed by atoms with Crippen molar-refractivity contribution < 1.29 is 23.8 Å². The first-order chi connectivity index (χ1) is 14.1. The van der Waals surface area contributed by atoms with Crippen molar-refractivity contribution in [3.63, 3.8) is 0 Å². The summed E-state index contributed by atoms with van der Waals surface area (Å²) in [5.41, 5.74) is 5.04. The molecule has 0 aliphatic heterocycles. The molecule has 3 aromatic carbocycles. The van der Waals surface area contributed by atoms with Crippen LogP contribution >= 0.6 is 0 Å². The Morgan fingerprint density at radius 2 is 1.45 bits per heavy atom. The first-order valence-electron chi connectivity index (χ1n) is 9.13. The molecule has 0 aliphatic rings. The molecular formula is C22H22N2O5. The largest absolute Gasteiger partial charge is 0.496 e. The zero-order valence-corrected chi connectivity index (χ0v) is 16.2. The molecule has 3 aromatic rings. The van der Waals surface area contributed by atoms with E-state index in [-0.39, 0.29) is 6.61 Å². The monoisotopic (exact) mass is 394 g/mol. The number of hydrazine groups is 1. The van der Waals surface area contributed by atoms with Gasteiger partial charge < -0.3 is 14.2 Å². The molecule has 0 unspecified atom stereocenters. The summed E-state index contributed by atoms with van der Waals surface area (Å²) >= 11 is 0. The summed E-state index contributed by atoms with van der Waals surface area (Å²) < 4.78 is 16.2. The van der Waals surface area contributed by atoms with Crippen LogP contribution in [0, 0.1) is 0 Å². The molecule has 2 N–H and O–H groups in total. The van der Waals surface area contributed by atoms with E-state index < -0.39 is 11.8 Å². The van der Waals surface area contributed by atoms with Gasteiger partial charge in [0, 0.05) is 0 Å². The van der Waals surface area contributed by atoms with Gasteiger partial charge in [-0.2, -0.15) is 0 Å². The average Bonchev–Trinajstić information content (AvgIpc) is 2.76. The second-order valence-electron chi connectivity index (χ2n) is 6.07. The highest BCUT2D eigenvalue weighted by Crippen LogP contribution is 2.27. The van der Waals surface area contributed by atoms with Gasteiger partial charge in [-0.05, 0) is 42.0 Å².